The molecule has 0 aliphatic carbocycles. The third-order valence-corrected chi connectivity index (χ3v) is 4.16. The summed E-state index contributed by atoms with van der Waals surface area (Å²) < 4.78 is 14.1. The van der Waals surface area contributed by atoms with Crippen LogP contribution in [0.4, 0.5) is 10.1 Å². The van der Waals surface area contributed by atoms with Gasteiger partial charge in [0, 0.05) is 37.7 Å². The van der Waals surface area contributed by atoms with Gasteiger partial charge in [0.05, 0.1) is 11.7 Å². The Morgan fingerprint density at radius 1 is 1.35 bits per heavy atom. The van der Waals surface area contributed by atoms with Crippen LogP contribution in [-0.4, -0.2) is 42.7 Å². The maximum Gasteiger partial charge on any atom is 0.254 e. The number of nitrogens with one attached hydrogen (secondary N) is 3. The molecule has 2 heterocycles. The predicted molar refractivity (Wildman–Crippen MR) is 85.3 cm³/mol. The van der Waals surface area contributed by atoms with E-state index in [1.165, 1.54) is 12.1 Å². The average Bonchev–Trinajstić information content (AvgIpc) is 2.89. The zero-order valence-corrected chi connectivity index (χ0v) is 13.2. The van der Waals surface area contributed by atoms with Crippen LogP contribution >= 0.6 is 12.4 Å². The van der Waals surface area contributed by atoms with E-state index in [2.05, 4.69) is 16.0 Å². The fourth-order valence-corrected chi connectivity index (χ4v) is 2.82. The van der Waals surface area contributed by atoms with Gasteiger partial charge in [0.15, 0.2) is 0 Å². The molecule has 126 valence electrons. The van der Waals surface area contributed by atoms with Crippen LogP contribution in [0, 0.1) is 11.7 Å². The van der Waals surface area contributed by atoms with Crippen molar-refractivity contribution in [2.45, 2.75) is 18.9 Å². The van der Waals surface area contributed by atoms with E-state index in [0.717, 1.165) is 5.56 Å². The minimum Gasteiger partial charge on any atom is -0.391 e. The monoisotopic (exact) mass is 343 g/mol. The summed E-state index contributed by atoms with van der Waals surface area (Å²) in [4.78, 5) is 23.4. The number of carbonyl (C=O) groups excluding carboxylic acids is 2. The van der Waals surface area contributed by atoms with Gasteiger partial charge in [-0.1, -0.05) is 0 Å². The summed E-state index contributed by atoms with van der Waals surface area (Å²) in [7, 11) is 0. The van der Waals surface area contributed by atoms with Crippen molar-refractivity contribution in [1.29, 1.82) is 0 Å². The number of fused-ring (bicyclic) bond motifs is 1. The first kappa shape index (κ1) is 17.7. The van der Waals surface area contributed by atoms with Crippen molar-refractivity contribution in [2.24, 2.45) is 5.92 Å². The molecule has 2 atom stereocenters. The number of carbonyl (C=O) groups is 2. The van der Waals surface area contributed by atoms with Gasteiger partial charge in [0.2, 0.25) is 5.91 Å². The molecular formula is C15H19ClFN3O3. The number of benzene rings is 1. The third-order valence-electron chi connectivity index (χ3n) is 4.16. The lowest BCUT2D eigenvalue weighted by atomic mass is 9.99. The average molecular weight is 344 g/mol. The molecule has 1 fully saturated rings. The number of anilines is 1. The summed E-state index contributed by atoms with van der Waals surface area (Å²) in [5.41, 5.74) is 1.16. The highest BCUT2D eigenvalue weighted by molar-refractivity contribution is 5.98. The molecule has 2 unspecified atom stereocenters. The largest absolute Gasteiger partial charge is 0.391 e. The van der Waals surface area contributed by atoms with E-state index in [1.54, 1.807) is 0 Å². The molecule has 0 radical (unpaired) electrons. The lowest BCUT2D eigenvalue weighted by Crippen LogP contribution is -2.35. The summed E-state index contributed by atoms with van der Waals surface area (Å²) in [5.74, 6) is -1.38. The maximum absolute atomic E-state index is 14.1. The highest BCUT2D eigenvalue weighted by atomic mass is 35.5. The van der Waals surface area contributed by atoms with Gasteiger partial charge in [0.1, 0.15) is 5.82 Å². The molecule has 0 spiro atoms. The minimum absolute atomic E-state index is 0. The molecule has 2 aliphatic rings. The van der Waals surface area contributed by atoms with Gasteiger partial charge in [-0.2, -0.15) is 0 Å². The van der Waals surface area contributed by atoms with Crippen molar-refractivity contribution >= 4 is 29.9 Å². The Hall–Kier alpha value is -1.70. The number of aryl methyl sites for hydroxylation is 1. The van der Waals surface area contributed by atoms with Crippen LogP contribution in [0.15, 0.2) is 12.1 Å². The van der Waals surface area contributed by atoms with Gasteiger partial charge < -0.3 is 21.1 Å². The van der Waals surface area contributed by atoms with Gasteiger partial charge in [-0.15, -0.1) is 12.4 Å². The molecule has 1 aromatic rings. The zero-order valence-electron chi connectivity index (χ0n) is 12.4. The SMILES string of the molecule is Cl.O=C1CCc2cc(C(=O)NCC3CNCC3O)c(F)cc2N1. The second-order valence-electron chi connectivity index (χ2n) is 5.73. The molecule has 4 N–H and O–H groups in total. The first-order valence-corrected chi connectivity index (χ1v) is 7.34. The fraction of sp³-hybridized carbons (Fsp3) is 0.467. The Bertz CT molecular complexity index is 626. The first-order chi connectivity index (χ1) is 10.5. The van der Waals surface area contributed by atoms with E-state index < -0.39 is 17.8 Å². The lowest BCUT2D eigenvalue weighted by molar-refractivity contribution is -0.116. The number of β-amino-alcohol motifs (C(OH)–C–C–N with tert-alkyl or cyclic N) is 1. The van der Waals surface area contributed by atoms with E-state index in [9.17, 15) is 19.1 Å². The topological polar surface area (TPSA) is 90.5 Å². The van der Waals surface area contributed by atoms with E-state index in [-0.39, 0.29) is 29.8 Å². The number of rotatable bonds is 3. The van der Waals surface area contributed by atoms with E-state index in [0.29, 0.717) is 38.2 Å². The molecule has 2 amide bonds. The smallest absolute Gasteiger partial charge is 0.254 e. The van der Waals surface area contributed by atoms with Gasteiger partial charge in [-0.25, -0.2) is 4.39 Å². The third kappa shape index (κ3) is 3.80. The summed E-state index contributed by atoms with van der Waals surface area (Å²) in [5, 5.41) is 18.0. The molecule has 8 heteroatoms. The van der Waals surface area contributed by atoms with Crippen LogP contribution in [0.25, 0.3) is 0 Å². The molecule has 0 saturated carbocycles. The standard InChI is InChI=1S/C15H18FN3O3.ClH/c16-11-4-12-8(1-2-14(21)19-12)3-10(11)15(22)18-6-9-5-17-7-13(9)20;/h3-4,9,13,17,20H,1-2,5-7H2,(H,18,22)(H,19,21);1H. The Labute approximate surface area is 139 Å². The van der Waals surface area contributed by atoms with Crippen LogP contribution in [-0.2, 0) is 11.2 Å². The number of amides is 2. The first-order valence-electron chi connectivity index (χ1n) is 7.34. The molecule has 3 rings (SSSR count). The van der Waals surface area contributed by atoms with E-state index >= 15 is 0 Å². The number of aliphatic hydroxyl groups excluding tert-OH is 1. The van der Waals surface area contributed by atoms with Gasteiger partial charge in [-0.05, 0) is 24.1 Å². The van der Waals surface area contributed by atoms with Crippen LogP contribution in [0.2, 0.25) is 0 Å². The van der Waals surface area contributed by atoms with Crippen molar-refractivity contribution < 1.29 is 19.1 Å². The van der Waals surface area contributed by atoms with Crippen LogP contribution in [0.1, 0.15) is 22.3 Å². The molecule has 1 saturated heterocycles. The second-order valence-corrected chi connectivity index (χ2v) is 5.73. The molecule has 1 aromatic carbocycles. The summed E-state index contributed by atoms with van der Waals surface area (Å²) in [6.07, 6.45) is 0.330. The number of halogens is 2. The molecule has 0 aromatic heterocycles. The summed E-state index contributed by atoms with van der Waals surface area (Å²) in [6.45, 7) is 1.42. The Balaban J connectivity index is 0.00000192. The summed E-state index contributed by atoms with van der Waals surface area (Å²) in [6, 6.07) is 2.68. The quantitative estimate of drug-likeness (QED) is 0.641. The van der Waals surface area contributed by atoms with Crippen molar-refractivity contribution in [1.82, 2.24) is 10.6 Å². The van der Waals surface area contributed by atoms with E-state index in [1.807, 2.05) is 0 Å². The Kier molecular flexibility index (Phi) is 5.56. The van der Waals surface area contributed by atoms with E-state index in [4.69, 9.17) is 0 Å². The van der Waals surface area contributed by atoms with Gasteiger partial charge in [0.25, 0.3) is 5.91 Å². The fourth-order valence-electron chi connectivity index (χ4n) is 2.82. The number of hydrogen-bond donors (Lipinski definition) is 4. The lowest BCUT2D eigenvalue weighted by Gasteiger charge is -2.19. The maximum atomic E-state index is 14.1. The highest BCUT2D eigenvalue weighted by Gasteiger charge is 2.26. The zero-order chi connectivity index (χ0) is 15.7. The minimum atomic E-state index is -0.663. The molecule has 0 bridgehead atoms. The van der Waals surface area contributed by atoms with Crippen LogP contribution in [0.5, 0.6) is 0 Å². The van der Waals surface area contributed by atoms with Crippen molar-refractivity contribution in [3.63, 3.8) is 0 Å². The number of aliphatic hydroxyl groups is 1. The Morgan fingerprint density at radius 3 is 2.83 bits per heavy atom. The molecule has 6 nitrogen and oxygen atoms in total. The van der Waals surface area contributed by atoms with Crippen molar-refractivity contribution in [3.8, 4) is 0 Å². The highest BCUT2D eigenvalue weighted by Crippen LogP contribution is 2.26. The van der Waals surface area contributed by atoms with Gasteiger partial charge >= 0.3 is 0 Å². The molecule has 23 heavy (non-hydrogen) atoms. The summed E-state index contributed by atoms with van der Waals surface area (Å²) >= 11 is 0. The second kappa shape index (κ2) is 7.25. The molecular weight excluding hydrogens is 325 g/mol. The molecule has 2 aliphatic heterocycles. The van der Waals surface area contributed by atoms with Crippen molar-refractivity contribution in [2.75, 3.05) is 25.0 Å². The normalized spacial score (nSPS) is 22.8. The van der Waals surface area contributed by atoms with Crippen LogP contribution in [0.3, 0.4) is 0 Å². The predicted octanol–water partition coefficient (Wildman–Crippen LogP) is 0.442. The van der Waals surface area contributed by atoms with Gasteiger partial charge in [-0.3, -0.25) is 9.59 Å². The van der Waals surface area contributed by atoms with Crippen LogP contribution < -0.4 is 16.0 Å². The number of hydrogen-bond acceptors (Lipinski definition) is 4. The Morgan fingerprint density at radius 2 is 2.13 bits per heavy atom. The van der Waals surface area contributed by atoms with Crippen molar-refractivity contribution in [3.05, 3.63) is 29.1 Å².